The number of nitrogens with two attached hydrogens (primary N) is 1. The van der Waals surface area contributed by atoms with E-state index in [0.717, 1.165) is 0 Å². The van der Waals surface area contributed by atoms with Crippen molar-refractivity contribution in [2.24, 2.45) is 10.9 Å². The number of nitrogens with zero attached hydrogens (tertiary/aromatic N) is 2. The molecule has 0 aromatic heterocycles. The molecule has 0 saturated heterocycles. The Bertz CT molecular complexity index is 198. The Morgan fingerprint density at radius 1 is 1.77 bits per heavy atom. The minimum absolute atomic E-state index is 0.0226. The summed E-state index contributed by atoms with van der Waals surface area (Å²) in [6.45, 7) is 1.01. The molecular weight excluding hydrogens is 197 g/mol. The molecule has 1 unspecified atom stereocenters. The number of methoxy groups -OCH3 is 1. The van der Waals surface area contributed by atoms with E-state index in [9.17, 15) is 4.57 Å². The quantitative estimate of drug-likeness (QED) is 0.274. The lowest BCUT2D eigenvalue weighted by molar-refractivity contribution is 0.181. The lowest BCUT2D eigenvalue weighted by atomic mass is 10.6. The first kappa shape index (κ1) is 12.1. The molecule has 8 heteroatoms. The highest BCUT2D eigenvalue weighted by Crippen LogP contribution is 2.14. The van der Waals surface area contributed by atoms with Crippen LogP contribution in [0.1, 0.15) is 0 Å². The summed E-state index contributed by atoms with van der Waals surface area (Å²) in [5.74, 6) is 0.0226. The molecule has 13 heavy (non-hydrogen) atoms. The topological polar surface area (TPSA) is 97.4 Å². The van der Waals surface area contributed by atoms with E-state index in [1.165, 1.54) is 4.90 Å². The Morgan fingerprint density at radius 2 is 2.38 bits per heavy atom. The average molecular weight is 210 g/mol. The van der Waals surface area contributed by atoms with Gasteiger partial charge >= 0.3 is 8.25 Å². The van der Waals surface area contributed by atoms with Gasteiger partial charge in [0.15, 0.2) is 0 Å². The number of rotatable bonds is 5. The van der Waals surface area contributed by atoms with Crippen molar-refractivity contribution in [1.29, 1.82) is 0 Å². The van der Waals surface area contributed by atoms with Crippen LogP contribution in [0.5, 0.6) is 0 Å². The summed E-state index contributed by atoms with van der Waals surface area (Å²) in [6, 6.07) is 0. The van der Waals surface area contributed by atoms with Crippen LogP contribution >= 0.6 is 8.25 Å². The Hall–Kier alpha value is -0.910. The lowest BCUT2D eigenvalue weighted by Gasteiger charge is -2.14. The number of ether oxygens (including phenoxy) is 1. The number of hydrogen-bond acceptors (Lipinski definition) is 4. The zero-order chi connectivity index (χ0) is 10.3. The Kier molecular flexibility index (Phi) is 6.13. The highest BCUT2D eigenvalue weighted by Gasteiger charge is 2.12. The van der Waals surface area contributed by atoms with Crippen molar-refractivity contribution in [1.82, 2.24) is 4.90 Å². The largest absolute Gasteiger partial charge is 0.770 e. The van der Waals surface area contributed by atoms with Crippen molar-refractivity contribution in [2.45, 2.75) is 0 Å². The van der Waals surface area contributed by atoms with E-state index < -0.39 is 8.25 Å². The van der Waals surface area contributed by atoms with E-state index in [1.807, 2.05) is 0 Å². The second-order valence-corrected chi connectivity index (χ2v) is 2.82. The van der Waals surface area contributed by atoms with Gasteiger partial charge in [-0.2, -0.15) is 0 Å². The van der Waals surface area contributed by atoms with E-state index >= 15 is 0 Å². The number of likely N-dealkylation sites (N-methyl/N-ethyl adjacent to an activating group) is 1. The van der Waals surface area contributed by atoms with Gasteiger partial charge in [-0.3, -0.25) is 0 Å². The van der Waals surface area contributed by atoms with Crippen LogP contribution in [0.4, 0.5) is 0 Å². The molecule has 0 aromatic carbocycles. The van der Waals surface area contributed by atoms with Crippen LogP contribution in [0, 0.1) is 0 Å². The first-order chi connectivity index (χ1) is 6.07. The molecule has 7 nitrogen and oxygen atoms in total. The zero-order valence-corrected chi connectivity index (χ0v) is 8.40. The van der Waals surface area contributed by atoms with E-state index in [2.05, 4.69) is 9.78 Å². The summed E-state index contributed by atoms with van der Waals surface area (Å²) >= 11 is 0. The van der Waals surface area contributed by atoms with E-state index in [1.54, 1.807) is 14.2 Å². The maximum absolute atomic E-state index is 10.1. The van der Waals surface area contributed by atoms with Gasteiger partial charge in [-0.05, 0) is 0 Å². The number of guanidine groups is 1. The van der Waals surface area contributed by atoms with Crippen LogP contribution in [0.2, 0.25) is 0 Å². The molecule has 0 spiro atoms. The molecule has 0 aliphatic rings. The molecule has 0 amide bonds. The average Bonchev–Trinajstić information content (AvgIpc) is 2.10. The van der Waals surface area contributed by atoms with Crippen molar-refractivity contribution in [3.63, 3.8) is 0 Å². The molecule has 0 aromatic rings. The predicted octanol–water partition coefficient (Wildman–Crippen LogP) is -0.539. The van der Waals surface area contributed by atoms with Gasteiger partial charge < -0.3 is 15.4 Å². The van der Waals surface area contributed by atoms with Gasteiger partial charge in [0, 0.05) is 30.4 Å². The van der Waals surface area contributed by atoms with Crippen molar-refractivity contribution in [3.8, 4) is 0 Å². The Morgan fingerprint density at radius 3 is 2.85 bits per heavy atom. The summed E-state index contributed by atoms with van der Waals surface area (Å²) in [4.78, 5) is 9.77. The minimum Gasteiger partial charge on any atom is -0.383 e. The summed E-state index contributed by atoms with van der Waals surface area (Å²) < 4.78 is 18.9. The number of oxime groups is 1. The van der Waals surface area contributed by atoms with Crippen LogP contribution in [0.3, 0.4) is 0 Å². The van der Waals surface area contributed by atoms with Crippen LogP contribution < -0.4 is 5.73 Å². The first-order valence-electron chi connectivity index (χ1n) is 3.44. The lowest BCUT2D eigenvalue weighted by Crippen LogP contribution is -2.36. The molecule has 0 heterocycles. The van der Waals surface area contributed by atoms with Gasteiger partial charge in [0.2, 0.25) is 5.96 Å². The fraction of sp³-hybridized carbons (Fsp3) is 0.800. The third-order valence-electron chi connectivity index (χ3n) is 1.23. The third kappa shape index (κ3) is 6.27. The zero-order valence-electron chi connectivity index (χ0n) is 7.51. The Labute approximate surface area is 77.0 Å². The molecule has 0 aliphatic heterocycles. The molecule has 3 N–H and O–H groups in total. The molecule has 0 aliphatic carbocycles. The molecule has 1 atom stereocenters. The molecular formula is C5H13N3O4P+. The highest BCUT2D eigenvalue weighted by molar-refractivity contribution is 7.32. The van der Waals surface area contributed by atoms with Crippen molar-refractivity contribution >= 4 is 14.2 Å². The summed E-state index contributed by atoms with van der Waals surface area (Å²) in [5, 5.41) is 3.21. The van der Waals surface area contributed by atoms with Gasteiger partial charge in [-0.15, -0.1) is 9.52 Å². The van der Waals surface area contributed by atoms with Crippen LogP contribution in [0.25, 0.3) is 0 Å². The van der Waals surface area contributed by atoms with E-state index in [-0.39, 0.29) is 5.96 Å². The first-order valence-corrected chi connectivity index (χ1v) is 4.57. The Balaban J connectivity index is 3.85. The monoisotopic (exact) mass is 210 g/mol. The second kappa shape index (κ2) is 6.59. The van der Waals surface area contributed by atoms with Crippen LogP contribution in [0.15, 0.2) is 5.16 Å². The highest BCUT2D eigenvalue weighted by atomic mass is 31.1. The smallest absolute Gasteiger partial charge is 0.383 e. The van der Waals surface area contributed by atoms with Crippen molar-refractivity contribution < 1.29 is 18.8 Å². The van der Waals surface area contributed by atoms with Gasteiger partial charge in [0.25, 0.3) is 0 Å². The van der Waals surface area contributed by atoms with E-state index in [0.29, 0.717) is 13.2 Å². The van der Waals surface area contributed by atoms with Crippen molar-refractivity contribution in [2.75, 3.05) is 27.3 Å². The second-order valence-electron chi connectivity index (χ2n) is 2.18. The van der Waals surface area contributed by atoms with E-state index in [4.69, 9.17) is 15.4 Å². The third-order valence-corrected chi connectivity index (χ3v) is 1.45. The maximum atomic E-state index is 10.1. The fourth-order valence-corrected chi connectivity index (χ4v) is 0.643. The van der Waals surface area contributed by atoms with Gasteiger partial charge in [-0.1, -0.05) is 0 Å². The van der Waals surface area contributed by atoms with Crippen LogP contribution in [-0.4, -0.2) is 43.1 Å². The maximum Gasteiger partial charge on any atom is 0.770 e. The minimum atomic E-state index is -2.75. The van der Waals surface area contributed by atoms with Gasteiger partial charge in [-0.25, -0.2) is 0 Å². The molecule has 0 radical (unpaired) electrons. The van der Waals surface area contributed by atoms with Crippen molar-refractivity contribution in [3.05, 3.63) is 0 Å². The standard InChI is InChI=1S/C5H12N3O4P/c1-8(3-4-11-2)5(6)7-12-13(9)10/h3-4H2,1-2H3,(H2-,6,7,9,10)/p+1. The fourth-order valence-electron chi connectivity index (χ4n) is 0.489. The molecule has 0 bridgehead atoms. The summed E-state index contributed by atoms with van der Waals surface area (Å²) in [7, 11) is 0.470. The van der Waals surface area contributed by atoms with Gasteiger partial charge in [0.1, 0.15) is 0 Å². The normalized spacial score (nSPS) is 12.5. The number of hydrogen-bond donors (Lipinski definition) is 2. The SMILES string of the molecule is COCCN(C)C(N)=NO[P+](=O)O. The van der Waals surface area contributed by atoms with Gasteiger partial charge in [0.05, 0.1) is 6.61 Å². The summed E-state index contributed by atoms with van der Waals surface area (Å²) in [6.07, 6.45) is 0. The molecule has 76 valence electrons. The summed E-state index contributed by atoms with van der Waals surface area (Å²) in [5.41, 5.74) is 5.36. The molecule has 0 saturated carbocycles. The predicted molar refractivity (Wildman–Crippen MR) is 47.0 cm³/mol. The van der Waals surface area contributed by atoms with Crippen LogP contribution in [-0.2, 0) is 13.9 Å². The molecule has 0 fully saturated rings. The molecule has 0 rings (SSSR count).